The largest absolute Gasteiger partial charge is 0.456 e. The fourth-order valence-corrected chi connectivity index (χ4v) is 3.34. The minimum atomic E-state index is -0.214. The van der Waals surface area contributed by atoms with Gasteiger partial charge in [0.15, 0.2) is 5.43 Å². The van der Waals surface area contributed by atoms with Crippen LogP contribution in [0.5, 0.6) is 0 Å². The number of fused-ring (bicyclic) bond motifs is 1. The summed E-state index contributed by atoms with van der Waals surface area (Å²) < 4.78 is 6.70. The molecule has 5 heteroatoms. The van der Waals surface area contributed by atoms with E-state index in [1.807, 2.05) is 43.3 Å². The summed E-state index contributed by atoms with van der Waals surface area (Å²) in [6.45, 7) is 1.94. The number of hydrogen-bond acceptors (Lipinski definition) is 3. The summed E-state index contributed by atoms with van der Waals surface area (Å²) in [4.78, 5) is 24.9. The van der Waals surface area contributed by atoms with Crippen LogP contribution in [0.1, 0.15) is 15.9 Å². The van der Waals surface area contributed by atoms with Crippen LogP contribution in [-0.2, 0) is 0 Å². The molecule has 0 aliphatic heterocycles. The van der Waals surface area contributed by atoms with E-state index in [1.54, 1.807) is 30.3 Å². The minimum Gasteiger partial charge on any atom is -0.456 e. The normalized spacial score (nSPS) is 10.8. The lowest BCUT2D eigenvalue weighted by molar-refractivity contribution is 0.102. The van der Waals surface area contributed by atoms with Gasteiger partial charge in [-0.1, -0.05) is 35.9 Å². The van der Waals surface area contributed by atoms with Crippen LogP contribution in [0.25, 0.3) is 22.3 Å². The van der Waals surface area contributed by atoms with Crippen molar-refractivity contribution in [2.45, 2.75) is 6.92 Å². The highest BCUT2D eigenvalue weighted by Crippen LogP contribution is 2.25. The van der Waals surface area contributed by atoms with E-state index in [4.69, 9.17) is 4.42 Å². The number of aryl methyl sites for hydroxylation is 1. The summed E-state index contributed by atoms with van der Waals surface area (Å²) in [5.41, 5.74) is 3.41. The van der Waals surface area contributed by atoms with E-state index in [0.29, 0.717) is 28.0 Å². The Morgan fingerprint density at radius 1 is 0.964 bits per heavy atom. The first-order valence-electron chi connectivity index (χ1n) is 8.72. The van der Waals surface area contributed by atoms with Gasteiger partial charge in [0.25, 0.3) is 5.91 Å². The van der Waals surface area contributed by atoms with Crippen molar-refractivity contribution in [1.82, 2.24) is 0 Å². The summed E-state index contributed by atoms with van der Waals surface area (Å²) in [6.07, 6.45) is 0. The van der Waals surface area contributed by atoms with Gasteiger partial charge < -0.3 is 9.73 Å². The van der Waals surface area contributed by atoms with Gasteiger partial charge >= 0.3 is 0 Å². The van der Waals surface area contributed by atoms with E-state index in [1.165, 1.54) is 6.07 Å². The maximum absolute atomic E-state index is 12.5. The second-order valence-corrected chi connectivity index (χ2v) is 7.34. The predicted molar refractivity (Wildman–Crippen MR) is 115 cm³/mol. The van der Waals surface area contributed by atoms with Gasteiger partial charge in [0.2, 0.25) is 0 Å². The van der Waals surface area contributed by atoms with Gasteiger partial charge in [0, 0.05) is 21.7 Å². The molecular weight excluding hydrogens is 418 g/mol. The zero-order chi connectivity index (χ0) is 19.7. The van der Waals surface area contributed by atoms with E-state index in [2.05, 4.69) is 21.2 Å². The number of para-hydroxylation sites is 1. The van der Waals surface area contributed by atoms with Crippen molar-refractivity contribution in [1.29, 1.82) is 0 Å². The zero-order valence-corrected chi connectivity index (χ0v) is 16.6. The second-order valence-electron chi connectivity index (χ2n) is 6.49. The highest BCUT2D eigenvalue weighted by molar-refractivity contribution is 9.10. The van der Waals surface area contributed by atoms with Crippen LogP contribution < -0.4 is 10.7 Å². The molecule has 4 rings (SSSR count). The van der Waals surface area contributed by atoms with Crippen LogP contribution in [0.15, 0.2) is 86.5 Å². The number of rotatable bonds is 3. The highest BCUT2D eigenvalue weighted by atomic mass is 79.9. The molecule has 4 nitrogen and oxygen atoms in total. The molecule has 138 valence electrons. The van der Waals surface area contributed by atoms with Crippen molar-refractivity contribution in [3.8, 4) is 11.3 Å². The van der Waals surface area contributed by atoms with Gasteiger partial charge in [-0.15, -0.1) is 0 Å². The van der Waals surface area contributed by atoms with Crippen LogP contribution in [0.2, 0.25) is 0 Å². The molecule has 4 aromatic rings. The molecule has 0 fully saturated rings. The summed E-state index contributed by atoms with van der Waals surface area (Å²) in [5.74, 6) is 0.257. The van der Waals surface area contributed by atoms with Crippen molar-refractivity contribution in [3.05, 3.63) is 98.6 Å². The second kappa shape index (κ2) is 7.44. The Kier molecular flexibility index (Phi) is 4.84. The first-order chi connectivity index (χ1) is 13.5. The quantitative estimate of drug-likeness (QED) is 0.445. The monoisotopic (exact) mass is 433 g/mol. The predicted octanol–water partition coefficient (Wildman–Crippen LogP) is 5.78. The van der Waals surface area contributed by atoms with Gasteiger partial charge in [0.1, 0.15) is 11.3 Å². The molecule has 0 saturated carbocycles. The molecule has 1 amide bonds. The molecule has 1 aromatic heterocycles. The van der Waals surface area contributed by atoms with Crippen molar-refractivity contribution < 1.29 is 9.21 Å². The molecule has 3 aromatic carbocycles. The summed E-state index contributed by atoms with van der Waals surface area (Å²) in [5, 5.41) is 3.43. The van der Waals surface area contributed by atoms with Crippen LogP contribution in [0.4, 0.5) is 5.69 Å². The first kappa shape index (κ1) is 18.2. The Hall–Kier alpha value is -3.18. The van der Waals surface area contributed by atoms with Crippen LogP contribution >= 0.6 is 15.9 Å². The third-order valence-corrected chi connectivity index (χ3v) is 5.13. The summed E-state index contributed by atoms with van der Waals surface area (Å²) in [6, 6.07) is 21.4. The van der Waals surface area contributed by atoms with Gasteiger partial charge in [-0.25, -0.2) is 0 Å². The molecule has 0 aliphatic carbocycles. The SMILES string of the molecule is Cc1ccc2oc(-c3ccc(C(=O)Nc4ccccc4Br)cc3)cc(=O)c2c1. The Labute approximate surface area is 170 Å². The van der Waals surface area contributed by atoms with Gasteiger partial charge in [0.05, 0.1) is 11.1 Å². The third-order valence-electron chi connectivity index (χ3n) is 4.44. The number of benzene rings is 3. The Balaban J connectivity index is 1.62. The lowest BCUT2D eigenvalue weighted by atomic mass is 10.1. The molecule has 0 bridgehead atoms. The number of hydrogen-bond donors (Lipinski definition) is 1. The van der Waals surface area contributed by atoms with Crippen LogP contribution in [-0.4, -0.2) is 5.91 Å². The Bertz CT molecular complexity index is 1240. The van der Waals surface area contributed by atoms with Gasteiger partial charge in [-0.2, -0.15) is 0 Å². The number of amides is 1. The number of carbonyl (C=O) groups excluding carboxylic acids is 1. The molecule has 1 heterocycles. The van der Waals surface area contributed by atoms with E-state index in [9.17, 15) is 9.59 Å². The maximum atomic E-state index is 12.5. The fourth-order valence-electron chi connectivity index (χ4n) is 2.96. The molecule has 0 aliphatic rings. The number of nitrogens with one attached hydrogen (secondary N) is 1. The van der Waals surface area contributed by atoms with Crippen LogP contribution in [0.3, 0.4) is 0 Å². The maximum Gasteiger partial charge on any atom is 0.255 e. The minimum absolute atomic E-state index is 0.0873. The molecule has 0 atom stereocenters. The first-order valence-corrected chi connectivity index (χ1v) is 9.51. The molecule has 0 spiro atoms. The lowest BCUT2D eigenvalue weighted by Crippen LogP contribution is -2.12. The highest BCUT2D eigenvalue weighted by Gasteiger charge is 2.11. The number of anilines is 1. The van der Waals surface area contributed by atoms with Crippen molar-refractivity contribution >= 4 is 38.5 Å². The van der Waals surface area contributed by atoms with E-state index in [0.717, 1.165) is 15.6 Å². The van der Waals surface area contributed by atoms with E-state index in [-0.39, 0.29) is 11.3 Å². The van der Waals surface area contributed by atoms with Gasteiger partial charge in [-0.05, 0) is 59.3 Å². The zero-order valence-electron chi connectivity index (χ0n) is 15.0. The molecule has 28 heavy (non-hydrogen) atoms. The molecule has 0 unspecified atom stereocenters. The molecule has 1 N–H and O–H groups in total. The number of halogens is 1. The standard InChI is InChI=1S/C23H16BrNO3/c1-14-6-11-21-17(12-14)20(26)13-22(28-21)15-7-9-16(10-8-15)23(27)25-19-5-3-2-4-18(19)24/h2-13H,1H3,(H,25,27). The van der Waals surface area contributed by atoms with Crippen LogP contribution in [0, 0.1) is 6.92 Å². The van der Waals surface area contributed by atoms with E-state index < -0.39 is 0 Å². The molecule has 0 radical (unpaired) electrons. The van der Waals surface area contributed by atoms with Crippen molar-refractivity contribution in [3.63, 3.8) is 0 Å². The lowest BCUT2D eigenvalue weighted by Gasteiger charge is -2.08. The summed E-state index contributed by atoms with van der Waals surface area (Å²) in [7, 11) is 0. The van der Waals surface area contributed by atoms with Crippen molar-refractivity contribution in [2.75, 3.05) is 5.32 Å². The van der Waals surface area contributed by atoms with Crippen molar-refractivity contribution in [2.24, 2.45) is 0 Å². The summed E-state index contributed by atoms with van der Waals surface area (Å²) >= 11 is 3.41. The molecular formula is C23H16BrNO3. The average Bonchev–Trinajstić information content (AvgIpc) is 2.70. The molecule has 0 saturated heterocycles. The number of carbonyl (C=O) groups is 1. The Morgan fingerprint density at radius 2 is 1.71 bits per heavy atom. The fraction of sp³-hybridized carbons (Fsp3) is 0.0435. The van der Waals surface area contributed by atoms with E-state index >= 15 is 0 Å². The third kappa shape index (κ3) is 3.62. The topological polar surface area (TPSA) is 59.3 Å². The average molecular weight is 434 g/mol. The Morgan fingerprint density at radius 3 is 2.46 bits per heavy atom. The van der Waals surface area contributed by atoms with Gasteiger partial charge in [-0.3, -0.25) is 9.59 Å². The smallest absolute Gasteiger partial charge is 0.255 e.